The minimum atomic E-state index is -1.52. The molecule has 0 saturated carbocycles. The van der Waals surface area contributed by atoms with Crippen LogP contribution in [-0.2, 0) is 14.1 Å². The van der Waals surface area contributed by atoms with Crippen LogP contribution in [0.4, 0.5) is 0 Å². The van der Waals surface area contributed by atoms with Gasteiger partial charge < -0.3 is 14.2 Å². The van der Waals surface area contributed by atoms with Crippen LogP contribution in [0.3, 0.4) is 0 Å². The van der Waals surface area contributed by atoms with Gasteiger partial charge in [0.15, 0.2) is 19.4 Å². The summed E-state index contributed by atoms with van der Waals surface area (Å²) < 4.78 is 28.2. The molecule has 1 aromatic rings. The van der Waals surface area contributed by atoms with Gasteiger partial charge in [0.05, 0.1) is 26.7 Å². The van der Waals surface area contributed by atoms with E-state index in [1.165, 1.54) is 21.1 Å². The molecule has 0 N–H and O–H groups in total. The fraction of sp³-hybridized carbons (Fsp3) is 0.619. The Bertz CT molecular complexity index is 678. The molecule has 1 aromatic carbocycles. The van der Waals surface area contributed by atoms with E-state index in [-0.39, 0.29) is 23.9 Å². The quantitative estimate of drug-likeness (QED) is 0.296. The number of hydrogen-bond acceptors (Lipinski definition) is 6. The second-order valence-electron chi connectivity index (χ2n) is 7.68. The SMILES string of the molecule is COc1cccc(OC)c1C(=O)C(C(C)C)C(C)(P=O)C(=O)OCCC(C)C. The summed E-state index contributed by atoms with van der Waals surface area (Å²) in [7, 11) is 2.45. The van der Waals surface area contributed by atoms with E-state index >= 15 is 0 Å². The van der Waals surface area contributed by atoms with Gasteiger partial charge in [0, 0.05) is 0 Å². The zero-order chi connectivity index (χ0) is 21.5. The standard InChI is InChI=1S/C21H31O6P/c1-13(2)11-12-27-20(23)21(5,28-24)18(14(3)4)19(22)17-15(25-6)9-8-10-16(17)26-7/h8-10,13-14,18H,11-12H2,1-7H3. The third kappa shape index (κ3) is 5.32. The van der Waals surface area contributed by atoms with Gasteiger partial charge in [0.1, 0.15) is 17.1 Å². The molecule has 0 heterocycles. The summed E-state index contributed by atoms with van der Waals surface area (Å²) in [5.41, 5.74) is 0.232. The van der Waals surface area contributed by atoms with Crippen molar-refractivity contribution in [3.8, 4) is 11.5 Å². The number of rotatable bonds is 11. The molecule has 0 saturated heterocycles. The van der Waals surface area contributed by atoms with Crippen molar-refractivity contribution in [2.45, 2.75) is 46.2 Å². The largest absolute Gasteiger partial charge is 0.496 e. The fourth-order valence-electron chi connectivity index (χ4n) is 3.21. The second kappa shape index (κ2) is 10.6. The first-order valence-electron chi connectivity index (χ1n) is 9.40. The predicted octanol–water partition coefficient (Wildman–Crippen LogP) is 4.80. The lowest BCUT2D eigenvalue weighted by atomic mass is 9.77. The highest BCUT2D eigenvalue weighted by Crippen LogP contribution is 2.42. The van der Waals surface area contributed by atoms with Gasteiger partial charge in [-0.15, -0.1) is 0 Å². The molecule has 0 fully saturated rings. The van der Waals surface area contributed by atoms with Crippen molar-refractivity contribution in [3.05, 3.63) is 23.8 Å². The summed E-state index contributed by atoms with van der Waals surface area (Å²) >= 11 is 0. The van der Waals surface area contributed by atoms with Gasteiger partial charge in [-0.05, 0) is 37.3 Å². The Labute approximate surface area is 169 Å². The van der Waals surface area contributed by atoms with E-state index < -0.39 is 25.5 Å². The van der Waals surface area contributed by atoms with Crippen molar-refractivity contribution in [1.82, 2.24) is 0 Å². The number of benzene rings is 1. The highest BCUT2D eigenvalue weighted by molar-refractivity contribution is 7.27. The lowest BCUT2D eigenvalue weighted by Crippen LogP contribution is -2.46. The average molecular weight is 410 g/mol. The van der Waals surface area contributed by atoms with Gasteiger partial charge in [-0.1, -0.05) is 33.8 Å². The molecule has 7 heteroatoms. The normalized spacial score (nSPS) is 14.6. The smallest absolute Gasteiger partial charge is 0.324 e. The van der Waals surface area contributed by atoms with Crippen molar-refractivity contribution in [3.63, 3.8) is 0 Å². The molecular weight excluding hydrogens is 379 g/mol. The first-order chi connectivity index (χ1) is 13.1. The average Bonchev–Trinajstić information content (AvgIpc) is 2.66. The molecular formula is C21H31O6P. The number of esters is 1. The molecule has 0 aliphatic rings. The van der Waals surface area contributed by atoms with Crippen molar-refractivity contribution in [2.75, 3.05) is 20.8 Å². The van der Waals surface area contributed by atoms with Gasteiger partial charge in [-0.25, -0.2) is 0 Å². The monoisotopic (exact) mass is 410 g/mol. The van der Waals surface area contributed by atoms with Gasteiger partial charge in [0.2, 0.25) is 0 Å². The van der Waals surface area contributed by atoms with Crippen LogP contribution in [0.25, 0.3) is 0 Å². The molecule has 2 unspecified atom stereocenters. The molecule has 0 spiro atoms. The van der Waals surface area contributed by atoms with Gasteiger partial charge in [-0.2, -0.15) is 0 Å². The van der Waals surface area contributed by atoms with E-state index in [4.69, 9.17) is 14.2 Å². The van der Waals surface area contributed by atoms with Crippen molar-refractivity contribution < 1.29 is 28.4 Å². The van der Waals surface area contributed by atoms with Crippen LogP contribution < -0.4 is 9.47 Å². The number of carbonyl (C=O) groups is 2. The van der Waals surface area contributed by atoms with Gasteiger partial charge in [-0.3, -0.25) is 14.2 Å². The first kappa shape index (κ1) is 24.1. The van der Waals surface area contributed by atoms with Crippen LogP contribution in [0.2, 0.25) is 0 Å². The number of hydrogen-bond donors (Lipinski definition) is 0. The van der Waals surface area contributed by atoms with Crippen LogP contribution in [0, 0.1) is 17.8 Å². The molecule has 0 radical (unpaired) electrons. The summed E-state index contributed by atoms with van der Waals surface area (Å²) in [5, 5.41) is -1.52. The van der Waals surface area contributed by atoms with Gasteiger partial charge >= 0.3 is 5.97 Å². The summed E-state index contributed by atoms with van der Waals surface area (Å²) in [6, 6.07) is 5.02. The molecule has 6 nitrogen and oxygen atoms in total. The predicted molar refractivity (Wildman–Crippen MR) is 109 cm³/mol. The maximum Gasteiger partial charge on any atom is 0.324 e. The summed E-state index contributed by atoms with van der Waals surface area (Å²) in [6.07, 6.45) is 0.693. The summed E-state index contributed by atoms with van der Waals surface area (Å²) in [5.74, 6) is -1.12. The van der Waals surface area contributed by atoms with Crippen molar-refractivity contribution in [2.24, 2.45) is 17.8 Å². The summed E-state index contributed by atoms with van der Waals surface area (Å²) in [6.45, 7) is 9.40. The van der Waals surface area contributed by atoms with Crippen LogP contribution in [0.1, 0.15) is 51.4 Å². The molecule has 2 atom stereocenters. The maximum absolute atomic E-state index is 13.5. The first-order valence-corrected chi connectivity index (χ1v) is 10.2. The maximum atomic E-state index is 13.5. The Morgan fingerprint density at radius 3 is 2.00 bits per heavy atom. The zero-order valence-electron chi connectivity index (χ0n) is 17.8. The van der Waals surface area contributed by atoms with Crippen LogP contribution in [-0.4, -0.2) is 37.7 Å². The van der Waals surface area contributed by atoms with Crippen LogP contribution >= 0.6 is 8.46 Å². The molecule has 0 aliphatic heterocycles. The third-order valence-corrected chi connectivity index (χ3v) is 5.60. The van der Waals surface area contributed by atoms with E-state index in [0.717, 1.165) is 0 Å². The second-order valence-corrected chi connectivity index (χ2v) is 8.79. The Morgan fingerprint density at radius 1 is 1.07 bits per heavy atom. The highest BCUT2D eigenvalue weighted by Gasteiger charge is 2.50. The molecule has 0 bridgehead atoms. The molecule has 0 aliphatic carbocycles. The van der Waals surface area contributed by atoms with E-state index in [9.17, 15) is 14.2 Å². The summed E-state index contributed by atoms with van der Waals surface area (Å²) in [4.78, 5) is 26.4. The van der Waals surface area contributed by atoms with Crippen molar-refractivity contribution in [1.29, 1.82) is 0 Å². The Hall–Kier alpha value is -1.94. The lowest BCUT2D eigenvalue weighted by molar-refractivity contribution is -0.148. The fourth-order valence-corrected chi connectivity index (χ4v) is 3.88. The Balaban J connectivity index is 3.36. The van der Waals surface area contributed by atoms with Crippen LogP contribution in [0.15, 0.2) is 18.2 Å². The third-order valence-electron chi connectivity index (χ3n) is 4.76. The minimum absolute atomic E-state index is 0.221. The van der Waals surface area contributed by atoms with E-state index in [1.54, 1.807) is 18.2 Å². The van der Waals surface area contributed by atoms with E-state index in [1.807, 2.05) is 27.7 Å². The number of methoxy groups -OCH3 is 2. The number of Topliss-reactive ketones (excluding diaryl/α,β-unsaturated/α-hetero) is 1. The Morgan fingerprint density at radius 2 is 1.61 bits per heavy atom. The topological polar surface area (TPSA) is 78.9 Å². The molecule has 156 valence electrons. The minimum Gasteiger partial charge on any atom is -0.496 e. The zero-order valence-corrected chi connectivity index (χ0v) is 18.7. The molecule has 0 amide bonds. The number of ether oxygens (including phenoxy) is 3. The van der Waals surface area contributed by atoms with Gasteiger partial charge in [0.25, 0.3) is 0 Å². The van der Waals surface area contributed by atoms with Crippen molar-refractivity contribution >= 4 is 20.2 Å². The number of carbonyl (C=O) groups excluding carboxylic acids is 2. The number of ketones is 1. The molecule has 0 aromatic heterocycles. The van der Waals surface area contributed by atoms with E-state index in [2.05, 4.69) is 0 Å². The van der Waals surface area contributed by atoms with E-state index in [0.29, 0.717) is 23.8 Å². The highest BCUT2D eigenvalue weighted by atomic mass is 31.1. The lowest BCUT2D eigenvalue weighted by Gasteiger charge is -2.32. The molecule has 28 heavy (non-hydrogen) atoms. The Kier molecular flexibility index (Phi) is 9.09. The van der Waals surface area contributed by atoms with Crippen LogP contribution in [0.5, 0.6) is 11.5 Å². The molecule has 1 rings (SSSR count).